The second-order valence-corrected chi connectivity index (χ2v) is 4.96. The van der Waals surface area contributed by atoms with E-state index in [1.165, 1.54) is 23.1 Å². The fraction of sp³-hybridized carbons (Fsp3) is 0.625. The number of amides is 1. The van der Waals surface area contributed by atoms with Crippen LogP contribution in [0.4, 0.5) is 5.13 Å². The lowest BCUT2D eigenvalue weighted by Crippen LogP contribution is -2.13. The normalized spacial score (nSPS) is 10.6. The van der Waals surface area contributed by atoms with Gasteiger partial charge >= 0.3 is 0 Å². The maximum Gasteiger partial charge on any atom is 0.236 e. The molecule has 0 aliphatic rings. The van der Waals surface area contributed by atoms with Gasteiger partial charge in [-0.2, -0.15) is 11.8 Å². The summed E-state index contributed by atoms with van der Waals surface area (Å²) in [6.45, 7) is 4.10. The summed E-state index contributed by atoms with van der Waals surface area (Å²) in [6.07, 6.45) is 1.89. The lowest BCUT2D eigenvalue weighted by molar-refractivity contribution is -0.113. The van der Waals surface area contributed by atoms with E-state index in [1.807, 2.05) is 20.1 Å². The number of thioether (sulfide) groups is 1. The quantitative estimate of drug-likeness (QED) is 0.860. The predicted octanol–water partition coefficient (Wildman–Crippen LogP) is 1.96. The Morgan fingerprint density at radius 2 is 2.29 bits per heavy atom. The van der Waals surface area contributed by atoms with Crippen molar-refractivity contribution in [2.75, 3.05) is 17.3 Å². The largest absolute Gasteiger partial charge is 0.300 e. The molecule has 4 nitrogen and oxygen atoms in total. The fourth-order valence-electron chi connectivity index (χ4n) is 0.805. The number of hydrogen-bond acceptors (Lipinski definition) is 5. The van der Waals surface area contributed by atoms with Crippen LogP contribution in [0.5, 0.6) is 0 Å². The molecule has 0 aliphatic carbocycles. The molecule has 0 aromatic carbocycles. The molecule has 14 heavy (non-hydrogen) atoms. The van der Waals surface area contributed by atoms with Crippen LogP contribution in [-0.4, -0.2) is 28.1 Å². The molecule has 0 saturated heterocycles. The molecule has 78 valence electrons. The highest BCUT2D eigenvalue weighted by molar-refractivity contribution is 7.99. The number of nitrogens with one attached hydrogen (secondary N) is 1. The van der Waals surface area contributed by atoms with E-state index in [4.69, 9.17) is 0 Å². The van der Waals surface area contributed by atoms with Gasteiger partial charge in [0.2, 0.25) is 11.0 Å². The first kappa shape index (κ1) is 11.5. The zero-order valence-electron chi connectivity index (χ0n) is 8.40. The molecule has 0 radical (unpaired) electrons. The van der Waals surface area contributed by atoms with Gasteiger partial charge in [-0.05, 0) is 6.26 Å². The summed E-state index contributed by atoms with van der Waals surface area (Å²) in [4.78, 5) is 11.2. The van der Waals surface area contributed by atoms with Crippen molar-refractivity contribution in [3.05, 3.63) is 5.01 Å². The summed E-state index contributed by atoms with van der Waals surface area (Å²) in [5.74, 6) is 0.791. The van der Waals surface area contributed by atoms with Crippen molar-refractivity contribution < 1.29 is 4.79 Å². The maximum absolute atomic E-state index is 11.2. The van der Waals surface area contributed by atoms with Crippen LogP contribution in [0.1, 0.15) is 24.8 Å². The van der Waals surface area contributed by atoms with E-state index in [1.54, 1.807) is 0 Å². The van der Waals surface area contributed by atoms with Crippen LogP contribution in [0.25, 0.3) is 0 Å². The van der Waals surface area contributed by atoms with E-state index in [9.17, 15) is 4.79 Å². The van der Waals surface area contributed by atoms with Gasteiger partial charge in [-0.3, -0.25) is 10.1 Å². The third kappa shape index (κ3) is 3.26. The van der Waals surface area contributed by atoms with Crippen molar-refractivity contribution in [3.63, 3.8) is 0 Å². The average molecular weight is 231 g/mol. The SMILES string of the molecule is CSCC(=O)Nc1nnc(C(C)C)s1. The molecule has 0 spiro atoms. The maximum atomic E-state index is 11.2. The van der Waals surface area contributed by atoms with Crippen molar-refractivity contribution in [2.45, 2.75) is 19.8 Å². The van der Waals surface area contributed by atoms with Gasteiger partial charge in [-0.15, -0.1) is 10.2 Å². The molecule has 0 saturated carbocycles. The molecule has 0 unspecified atom stereocenters. The van der Waals surface area contributed by atoms with E-state index in [-0.39, 0.29) is 5.91 Å². The molecule has 1 aromatic heterocycles. The molecule has 1 aromatic rings. The molecular formula is C8H13N3OS2. The van der Waals surface area contributed by atoms with Crippen molar-refractivity contribution in [1.29, 1.82) is 0 Å². The van der Waals surface area contributed by atoms with Crippen molar-refractivity contribution in [2.24, 2.45) is 0 Å². The number of aromatic nitrogens is 2. The number of rotatable bonds is 4. The van der Waals surface area contributed by atoms with E-state index < -0.39 is 0 Å². The summed E-state index contributed by atoms with van der Waals surface area (Å²) in [5.41, 5.74) is 0. The Hall–Kier alpha value is -0.620. The Morgan fingerprint density at radius 1 is 1.57 bits per heavy atom. The zero-order chi connectivity index (χ0) is 10.6. The molecule has 6 heteroatoms. The van der Waals surface area contributed by atoms with E-state index in [0.717, 1.165) is 5.01 Å². The minimum Gasteiger partial charge on any atom is -0.300 e. The van der Waals surface area contributed by atoms with Gasteiger partial charge in [0, 0.05) is 5.92 Å². The molecule has 0 fully saturated rings. The number of anilines is 1. The monoisotopic (exact) mass is 231 g/mol. The number of carbonyl (C=O) groups excluding carboxylic acids is 1. The van der Waals surface area contributed by atoms with Crippen LogP contribution in [0.2, 0.25) is 0 Å². The van der Waals surface area contributed by atoms with E-state index >= 15 is 0 Å². The van der Waals surface area contributed by atoms with Crippen LogP contribution >= 0.6 is 23.1 Å². The van der Waals surface area contributed by atoms with Crippen molar-refractivity contribution in [3.8, 4) is 0 Å². The third-order valence-corrected chi connectivity index (χ3v) is 3.15. The first-order valence-corrected chi connectivity index (χ1v) is 6.46. The second kappa shape index (κ2) is 5.31. The number of hydrogen-bond donors (Lipinski definition) is 1. The Morgan fingerprint density at radius 3 is 2.79 bits per heavy atom. The molecular weight excluding hydrogens is 218 g/mol. The summed E-state index contributed by atoms with van der Waals surface area (Å²) < 4.78 is 0. The number of carbonyl (C=O) groups is 1. The van der Waals surface area contributed by atoms with Gasteiger partial charge in [0.15, 0.2) is 0 Å². The molecule has 0 bridgehead atoms. The van der Waals surface area contributed by atoms with E-state index in [0.29, 0.717) is 16.8 Å². The predicted molar refractivity (Wildman–Crippen MR) is 61.0 cm³/mol. The Balaban J connectivity index is 2.55. The summed E-state index contributed by atoms with van der Waals surface area (Å²) >= 11 is 2.92. The lowest BCUT2D eigenvalue weighted by atomic mass is 10.2. The molecule has 1 heterocycles. The van der Waals surface area contributed by atoms with Gasteiger partial charge in [0.25, 0.3) is 0 Å². The molecule has 1 amide bonds. The van der Waals surface area contributed by atoms with Gasteiger partial charge in [-0.1, -0.05) is 25.2 Å². The fourth-order valence-corrected chi connectivity index (χ4v) is 1.90. The summed E-state index contributed by atoms with van der Waals surface area (Å²) in [5, 5.41) is 12.1. The lowest BCUT2D eigenvalue weighted by Gasteiger charge is -1.97. The van der Waals surface area contributed by atoms with Crippen molar-refractivity contribution >= 4 is 34.1 Å². The van der Waals surface area contributed by atoms with Crippen LogP contribution < -0.4 is 5.32 Å². The average Bonchev–Trinajstić information content (AvgIpc) is 2.53. The highest BCUT2D eigenvalue weighted by atomic mass is 32.2. The van der Waals surface area contributed by atoms with Crippen LogP contribution in [0.15, 0.2) is 0 Å². The van der Waals surface area contributed by atoms with Gasteiger partial charge < -0.3 is 0 Å². The zero-order valence-corrected chi connectivity index (χ0v) is 10.0. The molecule has 0 atom stereocenters. The highest BCUT2D eigenvalue weighted by Gasteiger charge is 2.09. The minimum absolute atomic E-state index is 0.0241. The minimum atomic E-state index is -0.0241. The van der Waals surface area contributed by atoms with Gasteiger partial charge in [-0.25, -0.2) is 0 Å². The summed E-state index contributed by atoms with van der Waals surface area (Å²) in [7, 11) is 0. The number of nitrogens with zero attached hydrogens (tertiary/aromatic N) is 2. The first-order chi connectivity index (χ1) is 6.63. The molecule has 1 N–H and O–H groups in total. The van der Waals surface area contributed by atoms with Crippen LogP contribution in [0.3, 0.4) is 0 Å². The second-order valence-electron chi connectivity index (χ2n) is 3.08. The van der Waals surface area contributed by atoms with Crippen LogP contribution in [-0.2, 0) is 4.79 Å². The Bertz CT molecular complexity index is 311. The Kier molecular flexibility index (Phi) is 4.34. The van der Waals surface area contributed by atoms with E-state index in [2.05, 4.69) is 15.5 Å². The van der Waals surface area contributed by atoms with Crippen LogP contribution in [0, 0.1) is 0 Å². The highest BCUT2D eigenvalue weighted by Crippen LogP contribution is 2.22. The van der Waals surface area contributed by atoms with Crippen molar-refractivity contribution in [1.82, 2.24) is 10.2 Å². The van der Waals surface area contributed by atoms with Gasteiger partial charge in [0.1, 0.15) is 5.01 Å². The topological polar surface area (TPSA) is 54.9 Å². The molecule has 1 rings (SSSR count). The third-order valence-electron chi connectivity index (χ3n) is 1.46. The van der Waals surface area contributed by atoms with Gasteiger partial charge in [0.05, 0.1) is 5.75 Å². The standard InChI is InChI=1S/C8H13N3OS2/c1-5(2)7-10-11-8(14-7)9-6(12)4-13-3/h5H,4H2,1-3H3,(H,9,11,12). The smallest absolute Gasteiger partial charge is 0.236 e. The first-order valence-electron chi connectivity index (χ1n) is 4.25. The molecule has 0 aliphatic heterocycles. The Labute approximate surface area is 91.5 Å². The summed E-state index contributed by atoms with van der Waals surface area (Å²) in [6, 6.07) is 0.